The van der Waals surface area contributed by atoms with Gasteiger partial charge in [0.15, 0.2) is 18.5 Å². The number of esters is 1. The van der Waals surface area contributed by atoms with Crippen LogP contribution in [0.15, 0.2) is 24.5 Å². The van der Waals surface area contributed by atoms with Crippen LogP contribution in [-0.2, 0) is 18.6 Å². The molecule has 1 aromatic rings. The molecule has 0 radical (unpaired) electrons. The Kier molecular flexibility index (Phi) is 6.28. The van der Waals surface area contributed by atoms with E-state index >= 15 is 0 Å². The molecule has 0 amide bonds. The monoisotopic (exact) mass is 378 g/mol. The maximum atomic E-state index is 12.0. The van der Waals surface area contributed by atoms with Crippen molar-refractivity contribution in [1.82, 2.24) is 0 Å². The molecule has 1 aliphatic rings. The molecule has 2 rings (SSSR count). The quantitative estimate of drug-likeness (QED) is 0.286. The highest BCUT2D eigenvalue weighted by Crippen LogP contribution is 2.37. The van der Waals surface area contributed by atoms with E-state index in [0.717, 1.165) is 0 Å². The smallest absolute Gasteiger partial charge is 0.459 e. The highest BCUT2D eigenvalue weighted by molar-refractivity contribution is 7.46. The predicted octanol–water partition coefficient (Wildman–Crippen LogP) is -0.732. The standard InChI is InChI=1S/C14H20NO9P/c1-8(2)23-14(18)9-4-3-5-15(6-9)13-12(17)11(16)10(24-13)7-22-25(19,20)21/h3-6,8,10-13,16-17H,7H2,1-2H3,(H-,19,20,21)/p+1. The van der Waals surface area contributed by atoms with Crippen LogP contribution >= 0.6 is 7.82 Å². The normalized spacial score (nSPS) is 26.8. The third-order valence-electron chi connectivity index (χ3n) is 3.44. The van der Waals surface area contributed by atoms with Crippen molar-refractivity contribution < 1.29 is 47.9 Å². The Morgan fingerprint density at radius 1 is 1.36 bits per heavy atom. The van der Waals surface area contributed by atoms with Crippen LogP contribution in [0.2, 0.25) is 0 Å². The van der Waals surface area contributed by atoms with Crippen molar-refractivity contribution in [3.8, 4) is 0 Å². The van der Waals surface area contributed by atoms with E-state index in [0.29, 0.717) is 0 Å². The van der Waals surface area contributed by atoms with E-state index in [1.165, 1.54) is 23.0 Å². The summed E-state index contributed by atoms with van der Waals surface area (Å²) in [6, 6.07) is 3.06. The molecule has 0 saturated carbocycles. The molecule has 4 N–H and O–H groups in total. The summed E-state index contributed by atoms with van der Waals surface area (Å²) in [6.07, 6.45) is -2.41. The van der Waals surface area contributed by atoms with Crippen LogP contribution in [0, 0.1) is 0 Å². The van der Waals surface area contributed by atoms with Crippen molar-refractivity contribution in [3.05, 3.63) is 30.1 Å². The highest BCUT2D eigenvalue weighted by atomic mass is 31.2. The molecule has 2 heterocycles. The second-order valence-corrected chi connectivity index (χ2v) is 7.07. The number of carbonyl (C=O) groups is 1. The first-order chi connectivity index (χ1) is 11.6. The molecule has 1 saturated heterocycles. The minimum atomic E-state index is -4.73. The van der Waals surface area contributed by atoms with E-state index < -0.39 is 44.9 Å². The summed E-state index contributed by atoms with van der Waals surface area (Å²) in [5, 5.41) is 20.1. The lowest BCUT2D eigenvalue weighted by Crippen LogP contribution is -2.46. The SMILES string of the molecule is CC(C)OC(=O)c1ccc[n+](C2OC(COP(=O)(O)O)C(O)C2O)c1. The average Bonchev–Trinajstić information content (AvgIpc) is 2.80. The van der Waals surface area contributed by atoms with Gasteiger partial charge in [-0.1, -0.05) is 0 Å². The van der Waals surface area contributed by atoms with E-state index in [-0.39, 0.29) is 11.7 Å². The fourth-order valence-electron chi connectivity index (χ4n) is 2.34. The summed E-state index contributed by atoms with van der Waals surface area (Å²) in [5.41, 5.74) is 0.219. The fourth-order valence-corrected chi connectivity index (χ4v) is 2.68. The third kappa shape index (κ3) is 5.29. The summed E-state index contributed by atoms with van der Waals surface area (Å²) >= 11 is 0. The number of hydrogen-bond donors (Lipinski definition) is 4. The number of aliphatic hydroxyl groups is 2. The molecule has 140 valence electrons. The predicted molar refractivity (Wildman–Crippen MR) is 81.1 cm³/mol. The van der Waals surface area contributed by atoms with Crippen molar-refractivity contribution in [2.24, 2.45) is 0 Å². The van der Waals surface area contributed by atoms with Crippen molar-refractivity contribution in [2.45, 2.75) is 44.5 Å². The van der Waals surface area contributed by atoms with Crippen LogP contribution in [0.3, 0.4) is 0 Å². The molecule has 0 aliphatic carbocycles. The van der Waals surface area contributed by atoms with Gasteiger partial charge in [0.05, 0.1) is 12.7 Å². The lowest BCUT2D eigenvalue weighted by molar-refractivity contribution is -0.765. The molecule has 0 aromatic carbocycles. The van der Waals surface area contributed by atoms with Gasteiger partial charge in [-0.2, -0.15) is 4.57 Å². The van der Waals surface area contributed by atoms with Crippen molar-refractivity contribution >= 4 is 13.8 Å². The molecular weight excluding hydrogens is 357 g/mol. The van der Waals surface area contributed by atoms with Gasteiger partial charge < -0.3 is 29.5 Å². The number of rotatable bonds is 6. The first-order valence-electron chi connectivity index (χ1n) is 7.52. The lowest BCUT2D eigenvalue weighted by atomic mass is 10.1. The molecule has 10 nitrogen and oxygen atoms in total. The second-order valence-electron chi connectivity index (χ2n) is 5.83. The van der Waals surface area contributed by atoms with E-state index in [2.05, 4.69) is 4.52 Å². The maximum Gasteiger partial charge on any atom is 0.469 e. The van der Waals surface area contributed by atoms with E-state index in [1.54, 1.807) is 19.9 Å². The number of aromatic nitrogens is 1. The van der Waals surface area contributed by atoms with Crippen LogP contribution < -0.4 is 4.57 Å². The Hall–Kier alpha value is -1.39. The van der Waals surface area contributed by atoms with Gasteiger partial charge in [0, 0.05) is 6.07 Å². The maximum absolute atomic E-state index is 12.0. The number of aliphatic hydroxyl groups excluding tert-OH is 2. The molecule has 0 bridgehead atoms. The average molecular weight is 378 g/mol. The fraction of sp³-hybridized carbons (Fsp3) is 0.571. The van der Waals surface area contributed by atoms with Gasteiger partial charge in [-0.05, 0) is 19.9 Å². The van der Waals surface area contributed by atoms with Crippen LogP contribution in [-0.4, -0.2) is 57.0 Å². The molecule has 4 atom stereocenters. The summed E-state index contributed by atoms with van der Waals surface area (Å²) in [4.78, 5) is 29.4. The molecule has 25 heavy (non-hydrogen) atoms. The first kappa shape index (κ1) is 19.9. The molecule has 4 unspecified atom stereocenters. The molecular formula is C14H21NO9P+. The summed E-state index contributed by atoms with van der Waals surface area (Å²) in [6.45, 7) is 2.82. The van der Waals surface area contributed by atoms with Crippen LogP contribution in [0.1, 0.15) is 30.4 Å². The van der Waals surface area contributed by atoms with E-state index in [9.17, 15) is 19.6 Å². The Bertz CT molecular complexity index is 661. The highest BCUT2D eigenvalue weighted by Gasteiger charge is 2.49. The number of phosphoric ester groups is 1. The summed E-state index contributed by atoms with van der Waals surface area (Å²) < 4.78 is 26.9. The van der Waals surface area contributed by atoms with Crippen molar-refractivity contribution in [2.75, 3.05) is 6.61 Å². The third-order valence-corrected chi connectivity index (χ3v) is 3.92. The zero-order valence-corrected chi connectivity index (χ0v) is 14.5. The zero-order chi connectivity index (χ0) is 18.8. The number of ether oxygens (including phenoxy) is 2. The van der Waals surface area contributed by atoms with E-state index in [1.807, 2.05) is 0 Å². The Balaban J connectivity index is 2.13. The van der Waals surface area contributed by atoms with Gasteiger partial charge in [0.2, 0.25) is 0 Å². The number of nitrogens with zero attached hydrogens (tertiary/aromatic N) is 1. The zero-order valence-electron chi connectivity index (χ0n) is 13.6. The van der Waals surface area contributed by atoms with Gasteiger partial charge in [-0.25, -0.2) is 9.36 Å². The van der Waals surface area contributed by atoms with E-state index in [4.69, 9.17) is 19.3 Å². The van der Waals surface area contributed by atoms with Gasteiger partial charge in [-0.3, -0.25) is 4.52 Å². The lowest BCUT2D eigenvalue weighted by Gasteiger charge is -2.13. The van der Waals surface area contributed by atoms with Gasteiger partial charge in [0.25, 0.3) is 6.23 Å². The Labute approximate surface area is 143 Å². The minimum absolute atomic E-state index is 0.219. The summed E-state index contributed by atoms with van der Waals surface area (Å²) in [7, 11) is -4.73. The van der Waals surface area contributed by atoms with Crippen LogP contribution in [0.25, 0.3) is 0 Å². The first-order valence-corrected chi connectivity index (χ1v) is 9.05. The molecule has 11 heteroatoms. The van der Waals surface area contributed by atoms with Crippen LogP contribution in [0.5, 0.6) is 0 Å². The summed E-state index contributed by atoms with van der Waals surface area (Å²) in [5.74, 6) is -0.557. The molecule has 1 aromatic heterocycles. The molecule has 1 fully saturated rings. The van der Waals surface area contributed by atoms with Crippen LogP contribution in [0.4, 0.5) is 0 Å². The minimum Gasteiger partial charge on any atom is -0.459 e. The number of pyridine rings is 1. The van der Waals surface area contributed by atoms with Crippen molar-refractivity contribution in [1.29, 1.82) is 0 Å². The number of carbonyl (C=O) groups excluding carboxylic acids is 1. The van der Waals surface area contributed by atoms with Gasteiger partial charge >= 0.3 is 13.8 Å². The number of hydrogen-bond acceptors (Lipinski definition) is 7. The Morgan fingerprint density at radius 3 is 2.64 bits per heavy atom. The van der Waals surface area contributed by atoms with Gasteiger partial charge in [0.1, 0.15) is 17.8 Å². The molecule has 1 aliphatic heterocycles. The molecule has 0 spiro atoms. The second kappa shape index (κ2) is 7.88. The van der Waals surface area contributed by atoms with Gasteiger partial charge in [-0.15, -0.1) is 0 Å². The number of phosphoric acid groups is 1. The Morgan fingerprint density at radius 2 is 2.04 bits per heavy atom. The topological polar surface area (TPSA) is 147 Å². The van der Waals surface area contributed by atoms with Crippen molar-refractivity contribution in [3.63, 3.8) is 0 Å². The largest absolute Gasteiger partial charge is 0.469 e.